The number of benzene rings is 1. The van der Waals surface area contributed by atoms with E-state index < -0.39 is 5.60 Å². The molecule has 25 heavy (non-hydrogen) atoms. The van der Waals surface area contributed by atoms with Crippen molar-refractivity contribution in [2.75, 3.05) is 32.7 Å². The quantitative estimate of drug-likeness (QED) is 0.839. The summed E-state index contributed by atoms with van der Waals surface area (Å²) >= 11 is 0. The molecule has 3 heterocycles. The number of halogens is 1. The Hall–Kier alpha value is -1.79. The smallest absolute Gasteiger partial charge is 0.407 e. The molecule has 0 aromatic heterocycles. The number of amides is 2. The maximum atomic E-state index is 13.0. The van der Waals surface area contributed by atoms with Crippen LogP contribution in [0.2, 0.25) is 0 Å². The van der Waals surface area contributed by atoms with Gasteiger partial charge in [-0.05, 0) is 30.5 Å². The first-order valence-corrected chi connectivity index (χ1v) is 8.73. The Labute approximate surface area is 153 Å². The molecule has 1 unspecified atom stereocenters. The fourth-order valence-corrected chi connectivity index (χ4v) is 4.04. The number of carbonyl (C=O) groups excluding carboxylic acids is 2. The molecule has 3 fully saturated rings. The molecule has 3 aliphatic rings. The number of rotatable bonds is 2. The van der Waals surface area contributed by atoms with Gasteiger partial charge in [-0.25, -0.2) is 4.79 Å². The van der Waals surface area contributed by atoms with Gasteiger partial charge < -0.3 is 20.3 Å². The fraction of sp³-hybridized carbons (Fsp3) is 0.556. The molecule has 1 spiro atoms. The van der Waals surface area contributed by atoms with E-state index in [4.69, 9.17) is 4.74 Å². The monoisotopic (exact) mass is 365 g/mol. The van der Waals surface area contributed by atoms with Gasteiger partial charge in [0.05, 0.1) is 6.54 Å². The van der Waals surface area contributed by atoms with E-state index in [1.54, 1.807) is 0 Å². The number of ether oxygens (including phenoxy) is 1. The topological polar surface area (TPSA) is 70.7 Å². The van der Waals surface area contributed by atoms with Crippen LogP contribution in [0.5, 0.6) is 0 Å². The zero-order valence-electron chi connectivity index (χ0n) is 14.1. The molecule has 0 saturated carbocycles. The summed E-state index contributed by atoms with van der Waals surface area (Å²) in [6, 6.07) is 7.98. The lowest BCUT2D eigenvalue weighted by Crippen LogP contribution is -2.48. The third-order valence-electron chi connectivity index (χ3n) is 5.52. The van der Waals surface area contributed by atoms with Crippen molar-refractivity contribution in [3.05, 3.63) is 35.4 Å². The molecule has 3 aliphatic heterocycles. The molecule has 4 rings (SSSR count). The lowest BCUT2D eigenvalue weighted by atomic mass is 9.89. The molecular formula is C18H24ClN3O3. The SMILES string of the molecule is Cl.O=C1NCC2(CCN(C(=O)c3ccccc3C3CCNC3)CC2)O1. The summed E-state index contributed by atoms with van der Waals surface area (Å²) < 4.78 is 5.43. The van der Waals surface area contributed by atoms with E-state index in [0.717, 1.165) is 30.6 Å². The number of carbonyl (C=O) groups is 2. The first-order chi connectivity index (χ1) is 11.7. The molecule has 2 N–H and O–H groups in total. The van der Waals surface area contributed by atoms with E-state index in [0.29, 0.717) is 38.4 Å². The largest absolute Gasteiger partial charge is 0.441 e. The number of piperidine rings is 1. The van der Waals surface area contributed by atoms with Gasteiger partial charge in [-0.3, -0.25) is 4.79 Å². The Morgan fingerprint density at radius 2 is 2.00 bits per heavy atom. The van der Waals surface area contributed by atoms with Gasteiger partial charge in [0.25, 0.3) is 5.91 Å². The van der Waals surface area contributed by atoms with Crippen molar-refractivity contribution in [3.8, 4) is 0 Å². The summed E-state index contributed by atoms with van der Waals surface area (Å²) in [6.07, 6.45) is 2.14. The van der Waals surface area contributed by atoms with Gasteiger partial charge in [0.2, 0.25) is 0 Å². The van der Waals surface area contributed by atoms with E-state index >= 15 is 0 Å². The molecule has 6 nitrogen and oxygen atoms in total. The molecular weight excluding hydrogens is 342 g/mol. The number of likely N-dealkylation sites (tertiary alicyclic amines) is 1. The van der Waals surface area contributed by atoms with Crippen molar-refractivity contribution in [1.29, 1.82) is 0 Å². The highest BCUT2D eigenvalue weighted by molar-refractivity contribution is 5.96. The van der Waals surface area contributed by atoms with Crippen LogP contribution < -0.4 is 10.6 Å². The normalized spacial score (nSPS) is 24.6. The molecule has 1 atom stereocenters. The van der Waals surface area contributed by atoms with Gasteiger partial charge in [-0.1, -0.05) is 18.2 Å². The third-order valence-corrected chi connectivity index (χ3v) is 5.52. The number of alkyl carbamates (subject to hydrolysis) is 1. The van der Waals surface area contributed by atoms with Crippen molar-refractivity contribution in [3.63, 3.8) is 0 Å². The van der Waals surface area contributed by atoms with Crippen LogP contribution in [-0.4, -0.2) is 55.2 Å². The summed E-state index contributed by atoms with van der Waals surface area (Å²) in [4.78, 5) is 26.3. The van der Waals surface area contributed by atoms with Gasteiger partial charge >= 0.3 is 6.09 Å². The predicted octanol–water partition coefficient (Wildman–Crippen LogP) is 1.90. The first kappa shape index (κ1) is 18.0. The molecule has 0 radical (unpaired) electrons. The average molecular weight is 366 g/mol. The molecule has 0 bridgehead atoms. The van der Waals surface area contributed by atoms with Crippen LogP contribution in [0.1, 0.15) is 41.1 Å². The molecule has 2 amide bonds. The summed E-state index contributed by atoms with van der Waals surface area (Å²) in [6.45, 7) is 3.76. The number of hydrogen-bond donors (Lipinski definition) is 2. The lowest BCUT2D eigenvalue weighted by Gasteiger charge is -2.37. The number of nitrogens with one attached hydrogen (secondary N) is 2. The lowest BCUT2D eigenvalue weighted by molar-refractivity contribution is 0.00327. The van der Waals surface area contributed by atoms with Crippen LogP contribution in [0.3, 0.4) is 0 Å². The summed E-state index contributed by atoms with van der Waals surface area (Å²) in [5.41, 5.74) is 1.56. The van der Waals surface area contributed by atoms with Crippen LogP contribution in [0.4, 0.5) is 4.79 Å². The molecule has 1 aromatic carbocycles. The molecule has 3 saturated heterocycles. The second-order valence-corrected chi connectivity index (χ2v) is 7.00. The zero-order valence-corrected chi connectivity index (χ0v) is 14.9. The van der Waals surface area contributed by atoms with Crippen LogP contribution >= 0.6 is 12.4 Å². The van der Waals surface area contributed by atoms with Crippen molar-refractivity contribution < 1.29 is 14.3 Å². The van der Waals surface area contributed by atoms with E-state index in [1.807, 2.05) is 23.1 Å². The summed E-state index contributed by atoms with van der Waals surface area (Å²) in [5, 5.41) is 6.10. The van der Waals surface area contributed by atoms with E-state index in [1.165, 1.54) is 0 Å². The summed E-state index contributed by atoms with van der Waals surface area (Å²) in [7, 11) is 0. The Morgan fingerprint density at radius 3 is 2.64 bits per heavy atom. The van der Waals surface area contributed by atoms with Crippen LogP contribution in [0, 0.1) is 0 Å². The van der Waals surface area contributed by atoms with Gasteiger partial charge in [0.15, 0.2) is 0 Å². The minimum atomic E-state index is -0.414. The van der Waals surface area contributed by atoms with Gasteiger partial charge in [0.1, 0.15) is 5.60 Å². The van der Waals surface area contributed by atoms with Crippen molar-refractivity contribution >= 4 is 24.4 Å². The maximum Gasteiger partial charge on any atom is 0.407 e. The predicted molar refractivity (Wildman–Crippen MR) is 96.3 cm³/mol. The van der Waals surface area contributed by atoms with Crippen LogP contribution in [-0.2, 0) is 4.74 Å². The van der Waals surface area contributed by atoms with Crippen molar-refractivity contribution in [1.82, 2.24) is 15.5 Å². The van der Waals surface area contributed by atoms with Gasteiger partial charge in [0, 0.05) is 38.0 Å². The van der Waals surface area contributed by atoms with Crippen LogP contribution in [0.15, 0.2) is 24.3 Å². The highest BCUT2D eigenvalue weighted by atomic mass is 35.5. The Bertz CT molecular complexity index is 653. The minimum absolute atomic E-state index is 0. The van der Waals surface area contributed by atoms with Crippen molar-refractivity contribution in [2.24, 2.45) is 0 Å². The maximum absolute atomic E-state index is 13.0. The molecule has 7 heteroatoms. The van der Waals surface area contributed by atoms with E-state index in [-0.39, 0.29) is 24.4 Å². The standard InChI is InChI=1S/C18H23N3O3.ClH/c22-16(15-4-2-1-3-14(15)13-5-8-19-11-13)21-9-6-18(7-10-21)12-20-17(23)24-18;/h1-4,13,19H,5-12H2,(H,20,23);1H. The van der Waals surface area contributed by atoms with Gasteiger partial charge in [-0.2, -0.15) is 0 Å². The second kappa shape index (κ2) is 7.22. The first-order valence-electron chi connectivity index (χ1n) is 8.73. The number of hydrogen-bond acceptors (Lipinski definition) is 4. The minimum Gasteiger partial charge on any atom is -0.441 e. The second-order valence-electron chi connectivity index (χ2n) is 7.00. The molecule has 136 valence electrons. The highest BCUT2D eigenvalue weighted by Gasteiger charge is 2.43. The van der Waals surface area contributed by atoms with Crippen LogP contribution in [0.25, 0.3) is 0 Å². The molecule has 0 aliphatic carbocycles. The Morgan fingerprint density at radius 1 is 1.24 bits per heavy atom. The average Bonchev–Trinajstić information content (AvgIpc) is 3.26. The fourth-order valence-electron chi connectivity index (χ4n) is 4.04. The third kappa shape index (κ3) is 3.46. The Balaban J connectivity index is 0.00000182. The van der Waals surface area contributed by atoms with E-state index in [9.17, 15) is 9.59 Å². The van der Waals surface area contributed by atoms with Crippen molar-refractivity contribution in [2.45, 2.75) is 30.8 Å². The number of nitrogens with zero attached hydrogens (tertiary/aromatic N) is 1. The highest BCUT2D eigenvalue weighted by Crippen LogP contribution is 2.31. The Kier molecular flexibility index (Phi) is 5.20. The van der Waals surface area contributed by atoms with E-state index in [2.05, 4.69) is 16.7 Å². The van der Waals surface area contributed by atoms with Gasteiger partial charge in [-0.15, -0.1) is 12.4 Å². The zero-order chi connectivity index (χ0) is 16.6. The summed E-state index contributed by atoms with van der Waals surface area (Å²) in [5.74, 6) is 0.519. The molecule has 1 aromatic rings.